The maximum absolute atomic E-state index is 13.6. The number of aromatic nitrogens is 2. The van der Waals surface area contributed by atoms with E-state index in [9.17, 15) is 4.79 Å². The van der Waals surface area contributed by atoms with Crippen molar-refractivity contribution in [3.63, 3.8) is 0 Å². The number of halogens is 2. The third-order valence-corrected chi connectivity index (χ3v) is 7.56. The zero-order valence-corrected chi connectivity index (χ0v) is 23.6. The third kappa shape index (κ3) is 5.97. The Hall–Kier alpha value is -2.19. The summed E-state index contributed by atoms with van der Waals surface area (Å²) in [5.74, 6) is 2.29. The zero-order valence-electron chi connectivity index (χ0n) is 20.4. The van der Waals surface area contributed by atoms with Crippen molar-refractivity contribution in [2.24, 2.45) is 5.10 Å². The van der Waals surface area contributed by atoms with E-state index in [0.29, 0.717) is 29.0 Å². The molecule has 1 aliphatic carbocycles. The fraction of sp³-hybridized carbons (Fsp3) is 0.444. The summed E-state index contributed by atoms with van der Waals surface area (Å²) < 4.78 is 15.0. The van der Waals surface area contributed by atoms with Gasteiger partial charge in [0.15, 0.2) is 11.5 Å². The van der Waals surface area contributed by atoms with Gasteiger partial charge in [-0.1, -0.05) is 42.1 Å². The van der Waals surface area contributed by atoms with Crippen LogP contribution in [0.4, 0.5) is 0 Å². The SMILES string of the molecule is CCOc1cc(C=Nn2c(C3CCCCC3)nc3ccc(Br)cc3c2=O)c(Br)cc1O[C@H](C)CC. The van der Waals surface area contributed by atoms with E-state index in [2.05, 4.69) is 43.9 Å². The molecule has 1 aromatic heterocycles. The maximum Gasteiger partial charge on any atom is 0.282 e. The molecule has 0 bridgehead atoms. The lowest BCUT2D eigenvalue weighted by Gasteiger charge is -2.22. The number of rotatable bonds is 8. The second kappa shape index (κ2) is 11.7. The average molecular weight is 605 g/mol. The summed E-state index contributed by atoms with van der Waals surface area (Å²) in [7, 11) is 0. The number of hydrogen-bond acceptors (Lipinski definition) is 5. The lowest BCUT2D eigenvalue weighted by atomic mass is 9.88. The van der Waals surface area contributed by atoms with Gasteiger partial charge in [0.25, 0.3) is 5.56 Å². The van der Waals surface area contributed by atoms with E-state index in [4.69, 9.17) is 14.5 Å². The summed E-state index contributed by atoms with van der Waals surface area (Å²) in [5.41, 5.74) is 1.34. The molecule has 0 saturated heterocycles. The van der Waals surface area contributed by atoms with Crippen LogP contribution in [0.5, 0.6) is 11.5 Å². The first-order valence-corrected chi connectivity index (χ1v) is 13.9. The molecular formula is C27H31Br2N3O3. The van der Waals surface area contributed by atoms with Gasteiger partial charge >= 0.3 is 0 Å². The van der Waals surface area contributed by atoms with Gasteiger partial charge in [0.1, 0.15) is 5.82 Å². The highest BCUT2D eigenvalue weighted by atomic mass is 79.9. The maximum atomic E-state index is 13.6. The summed E-state index contributed by atoms with van der Waals surface area (Å²) in [4.78, 5) is 18.5. The molecule has 0 unspecified atom stereocenters. The van der Waals surface area contributed by atoms with Crippen molar-refractivity contribution in [1.29, 1.82) is 0 Å². The fourth-order valence-corrected chi connectivity index (χ4v) is 5.12. The van der Waals surface area contributed by atoms with Crippen molar-refractivity contribution in [2.45, 2.75) is 71.3 Å². The van der Waals surface area contributed by atoms with E-state index in [1.807, 2.05) is 44.2 Å². The zero-order chi connectivity index (χ0) is 24.9. The van der Waals surface area contributed by atoms with E-state index >= 15 is 0 Å². The minimum absolute atomic E-state index is 0.0697. The monoisotopic (exact) mass is 603 g/mol. The van der Waals surface area contributed by atoms with Gasteiger partial charge in [-0.25, -0.2) is 4.98 Å². The van der Waals surface area contributed by atoms with E-state index in [-0.39, 0.29) is 17.6 Å². The Kier molecular flexibility index (Phi) is 8.65. The topological polar surface area (TPSA) is 65.7 Å². The molecule has 1 heterocycles. The molecule has 186 valence electrons. The minimum atomic E-state index is -0.161. The smallest absolute Gasteiger partial charge is 0.282 e. The number of nitrogens with zero attached hydrogens (tertiary/aromatic N) is 3. The molecule has 0 spiro atoms. The normalized spacial score (nSPS) is 15.6. The summed E-state index contributed by atoms with van der Waals surface area (Å²) in [5, 5.41) is 5.22. The molecule has 1 saturated carbocycles. The second-order valence-corrected chi connectivity index (χ2v) is 10.7. The second-order valence-electron chi connectivity index (χ2n) is 8.92. The van der Waals surface area contributed by atoms with E-state index in [0.717, 1.165) is 52.4 Å². The van der Waals surface area contributed by atoms with Gasteiger partial charge in [0, 0.05) is 20.4 Å². The lowest BCUT2D eigenvalue weighted by molar-refractivity contribution is 0.203. The Bertz CT molecular complexity index is 1280. The van der Waals surface area contributed by atoms with Crippen LogP contribution in [0, 0.1) is 0 Å². The van der Waals surface area contributed by atoms with Crippen LogP contribution in [-0.4, -0.2) is 28.6 Å². The van der Waals surface area contributed by atoms with Crippen molar-refractivity contribution in [3.8, 4) is 11.5 Å². The Labute approximate surface area is 223 Å². The predicted octanol–water partition coefficient (Wildman–Crippen LogP) is 7.43. The Morgan fingerprint density at radius 1 is 1.14 bits per heavy atom. The molecular weight excluding hydrogens is 574 g/mol. The molecule has 1 atom stereocenters. The molecule has 1 aliphatic rings. The highest BCUT2D eigenvalue weighted by molar-refractivity contribution is 9.10. The van der Waals surface area contributed by atoms with Gasteiger partial charge in [0.2, 0.25) is 0 Å². The molecule has 0 amide bonds. The molecule has 3 aromatic rings. The summed E-state index contributed by atoms with van der Waals surface area (Å²) in [6.45, 7) is 6.57. The van der Waals surface area contributed by atoms with E-state index < -0.39 is 0 Å². The van der Waals surface area contributed by atoms with E-state index in [1.165, 1.54) is 11.1 Å². The first kappa shape index (κ1) is 25.9. The molecule has 0 N–H and O–H groups in total. The van der Waals surface area contributed by atoms with Crippen molar-refractivity contribution in [2.75, 3.05) is 6.61 Å². The van der Waals surface area contributed by atoms with Crippen LogP contribution in [0.2, 0.25) is 0 Å². The van der Waals surface area contributed by atoms with E-state index in [1.54, 1.807) is 6.21 Å². The van der Waals surface area contributed by atoms with Gasteiger partial charge in [-0.3, -0.25) is 4.79 Å². The largest absolute Gasteiger partial charge is 0.490 e. The fourth-order valence-electron chi connectivity index (χ4n) is 4.33. The van der Waals surface area contributed by atoms with Crippen LogP contribution in [0.15, 0.2) is 49.2 Å². The highest BCUT2D eigenvalue weighted by Crippen LogP contribution is 2.35. The lowest BCUT2D eigenvalue weighted by Crippen LogP contribution is -2.25. The molecule has 0 radical (unpaired) electrons. The highest BCUT2D eigenvalue weighted by Gasteiger charge is 2.22. The number of benzene rings is 2. The molecule has 35 heavy (non-hydrogen) atoms. The predicted molar refractivity (Wildman–Crippen MR) is 148 cm³/mol. The average Bonchev–Trinajstić information content (AvgIpc) is 2.86. The first-order chi connectivity index (χ1) is 16.9. The van der Waals surface area contributed by atoms with Gasteiger partial charge in [-0.05, 0) is 79.4 Å². The van der Waals surface area contributed by atoms with Crippen molar-refractivity contribution in [3.05, 3.63) is 61.0 Å². The quantitative estimate of drug-likeness (QED) is 0.251. The standard InChI is InChI=1S/C27H31Br2N3O3/c1-4-17(3)35-25-15-22(29)19(13-24(25)34-5-2)16-30-32-26(18-9-7-6-8-10-18)31-23-12-11-20(28)14-21(23)27(32)33/h11-18H,4-10H2,1-3H3/t17-/m1/s1. The van der Waals surface area contributed by atoms with Gasteiger partial charge in [-0.2, -0.15) is 9.78 Å². The molecule has 6 nitrogen and oxygen atoms in total. The van der Waals surface area contributed by atoms with Gasteiger partial charge in [0.05, 0.1) is 29.8 Å². The molecule has 1 fully saturated rings. The van der Waals surface area contributed by atoms with Crippen molar-refractivity contribution in [1.82, 2.24) is 9.66 Å². The van der Waals surface area contributed by atoms with Gasteiger partial charge < -0.3 is 9.47 Å². The van der Waals surface area contributed by atoms with Crippen LogP contribution in [-0.2, 0) is 0 Å². The number of hydrogen-bond donors (Lipinski definition) is 0. The number of fused-ring (bicyclic) bond motifs is 1. The first-order valence-electron chi connectivity index (χ1n) is 12.3. The summed E-state index contributed by atoms with van der Waals surface area (Å²) in [6.07, 6.45) is 8.20. The van der Waals surface area contributed by atoms with Crippen LogP contribution in [0.1, 0.15) is 76.6 Å². The van der Waals surface area contributed by atoms with Crippen LogP contribution in [0.3, 0.4) is 0 Å². The van der Waals surface area contributed by atoms with Gasteiger partial charge in [-0.15, -0.1) is 0 Å². The number of ether oxygens (including phenoxy) is 2. The Morgan fingerprint density at radius 2 is 1.91 bits per heavy atom. The third-order valence-electron chi connectivity index (χ3n) is 6.38. The summed E-state index contributed by atoms with van der Waals surface area (Å²) >= 11 is 7.12. The molecule has 0 aliphatic heterocycles. The molecule has 2 aromatic carbocycles. The Balaban J connectivity index is 1.80. The Morgan fingerprint density at radius 3 is 2.63 bits per heavy atom. The molecule has 8 heteroatoms. The van der Waals surface area contributed by atoms with Crippen LogP contribution < -0.4 is 15.0 Å². The van der Waals surface area contributed by atoms with Crippen molar-refractivity contribution < 1.29 is 9.47 Å². The molecule has 4 rings (SSSR count). The van der Waals surface area contributed by atoms with Crippen molar-refractivity contribution >= 4 is 49.0 Å². The minimum Gasteiger partial charge on any atom is -0.490 e. The van der Waals surface area contributed by atoms with Crippen LogP contribution >= 0.6 is 31.9 Å². The van der Waals surface area contributed by atoms with Crippen LogP contribution in [0.25, 0.3) is 10.9 Å². The summed E-state index contributed by atoms with van der Waals surface area (Å²) in [6, 6.07) is 9.42.